The number of halogens is 6. The van der Waals surface area contributed by atoms with Gasteiger partial charge >= 0.3 is 37.0 Å². The van der Waals surface area contributed by atoms with Crippen LogP contribution >= 0.6 is 78.3 Å². The lowest BCUT2D eigenvalue weighted by atomic mass is 9.84. The highest BCUT2D eigenvalue weighted by Gasteiger charge is 2.53. The molecule has 11 heterocycles. The van der Waals surface area contributed by atoms with Crippen LogP contribution in [0.3, 0.4) is 0 Å². The van der Waals surface area contributed by atoms with Crippen LogP contribution in [-0.4, -0.2) is 175 Å². The number of aliphatic hydroxyl groups is 1. The number of carbonyl (C=O) groups is 5. The summed E-state index contributed by atoms with van der Waals surface area (Å²) in [5, 5.41) is 43.6. The summed E-state index contributed by atoms with van der Waals surface area (Å²) in [5.74, 6) is -2.49. The van der Waals surface area contributed by atoms with Gasteiger partial charge in [0, 0.05) is 72.7 Å². The molecule has 0 unspecified atom stereocenters. The van der Waals surface area contributed by atoms with Crippen LogP contribution in [0.5, 0.6) is 17.6 Å². The van der Waals surface area contributed by atoms with Crippen molar-refractivity contribution in [1.29, 1.82) is 0 Å². The van der Waals surface area contributed by atoms with E-state index in [1.807, 2.05) is 78.1 Å². The van der Waals surface area contributed by atoms with E-state index in [0.717, 1.165) is 38.5 Å². The molecular formula is C72H83BBr2Cl4N14O16. The second-order valence-corrected chi connectivity index (χ2v) is 27.8. The van der Waals surface area contributed by atoms with Gasteiger partial charge in [0.2, 0.25) is 17.6 Å². The highest BCUT2D eigenvalue weighted by atomic mass is 79.9. The number of nitrogens with zero attached hydrogens (tertiary/aromatic N) is 14. The Morgan fingerprint density at radius 2 is 0.761 bits per heavy atom. The number of esters is 3. The molecule has 0 spiro atoms. The first-order valence-corrected chi connectivity index (χ1v) is 36.0. The van der Waals surface area contributed by atoms with E-state index in [-0.39, 0.29) is 80.4 Å². The summed E-state index contributed by atoms with van der Waals surface area (Å²) in [6.07, 6.45) is 6.91. The lowest BCUT2D eigenvalue weighted by Gasteiger charge is -2.32. The molecule has 10 aromatic heterocycles. The second kappa shape index (κ2) is 41.9. The van der Waals surface area contributed by atoms with Gasteiger partial charge in [-0.05, 0) is 188 Å². The Labute approximate surface area is 667 Å². The van der Waals surface area contributed by atoms with E-state index in [2.05, 4.69) is 142 Å². The Balaban J connectivity index is 0.000000230. The zero-order valence-electron chi connectivity index (χ0n) is 62.8. The highest BCUT2D eigenvalue weighted by molar-refractivity contribution is 9.10. The van der Waals surface area contributed by atoms with Crippen LogP contribution in [0, 0.1) is 0 Å². The number of ether oxygens (including phenoxy) is 6. The summed E-state index contributed by atoms with van der Waals surface area (Å²) in [4.78, 5) is 79.8. The number of carboxylic acids is 2. The number of carbonyl (C=O) groups excluding carboxylic acids is 3. The predicted molar refractivity (Wildman–Crippen MR) is 418 cm³/mol. The number of aliphatic hydroxyl groups excluding tert-OH is 1. The van der Waals surface area contributed by atoms with Crippen LogP contribution < -0.4 is 19.8 Å². The number of methoxy groups -OCH3 is 6. The SMILES string of the molecule is CC(C)n1nccc1-c1nc(Br)ccc1CO.CC(C)n1nccc1B1OC(C)(C)C(C)(C)O1.COC(=O)c1ccc(Br)nc1-c1ccnn1C(C)C.COC(=O)c1ccc(OC)nc1-c1ccnn1C(C)C.COC(=O)c1ccc(OC)nc1Cl.COc1ccc(C(=O)O)c(Cl)n1.O=C(O)c1ccc(Cl)nc1Cl. The van der Waals surface area contributed by atoms with E-state index in [9.17, 15) is 29.1 Å². The number of aromatic carboxylic acids is 2. The predicted octanol–water partition coefficient (Wildman–Crippen LogP) is 15.0. The molecule has 10 aromatic rings. The minimum Gasteiger partial charge on any atom is -0.481 e. The van der Waals surface area contributed by atoms with Crippen LogP contribution in [0.4, 0.5) is 0 Å². The quantitative estimate of drug-likeness (QED) is 0.0330. The minimum absolute atomic E-state index is 0.0289. The number of hydrogen-bond acceptors (Lipinski definition) is 24. The Morgan fingerprint density at radius 1 is 0.431 bits per heavy atom. The summed E-state index contributed by atoms with van der Waals surface area (Å²) in [7, 11) is 8.08. The Bertz CT molecular complexity index is 4710. The van der Waals surface area contributed by atoms with Crippen molar-refractivity contribution in [3.63, 3.8) is 0 Å². The van der Waals surface area contributed by atoms with Crippen molar-refractivity contribution < 1.29 is 77.0 Å². The Kier molecular flexibility index (Phi) is 34.7. The Hall–Kier alpha value is -9.45. The van der Waals surface area contributed by atoms with Crippen LogP contribution in [0.15, 0.2) is 131 Å². The second-order valence-electron chi connectivity index (χ2n) is 24.7. The number of aromatic nitrogens is 14. The molecule has 1 saturated heterocycles. The van der Waals surface area contributed by atoms with Gasteiger partial charge in [-0.2, -0.15) is 20.4 Å². The lowest BCUT2D eigenvalue weighted by Crippen LogP contribution is -2.41. The molecule has 0 aliphatic carbocycles. The highest BCUT2D eigenvalue weighted by Crippen LogP contribution is 2.37. The van der Waals surface area contributed by atoms with E-state index < -0.39 is 29.8 Å². The van der Waals surface area contributed by atoms with Gasteiger partial charge in [-0.3, -0.25) is 18.7 Å². The number of hydrogen-bond donors (Lipinski definition) is 3. The maximum Gasteiger partial charge on any atom is 0.514 e. The molecule has 3 N–H and O–H groups in total. The molecule has 37 heteroatoms. The summed E-state index contributed by atoms with van der Waals surface area (Å²) in [6, 6.07) is 27.3. The molecular weight excluding hydrogens is 1630 g/mol. The lowest BCUT2D eigenvalue weighted by molar-refractivity contribution is 0.00578. The average Bonchev–Trinajstić information content (AvgIpc) is 1.61. The van der Waals surface area contributed by atoms with Crippen molar-refractivity contribution in [2.24, 2.45) is 0 Å². The molecule has 0 radical (unpaired) electrons. The van der Waals surface area contributed by atoms with Gasteiger partial charge in [0.1, 0.15) is 41.2 Å². The maximum atomic E-state index is 11.9. The molecule has 582 valence electrons. The van der Waals surface area contributed by atoms with E-state index in [0.29, 0.717) is 50.8 Å². The van der Waals surface area contributed by atoms with E-state index >= 15 is 0 Å². The van der Waals surface area contributed by atoms with Gasteiger partial charge in [-0.25, -0.2) is 53.9 Å². The molecule has 30 nitrogen and oxygen atoms in total. The molecule has 1 aliphatic heterocycles. The number of carboxylic acid groups (broad SMARTS) is 2. The maximum absolute atomic E-state index is 11.9. The third-order valence-electron chi connectivity index (χ3n) is 15.5. The molecule has 109 heavy (non-hydrogen) atoms. The van der Waals surface area contributed by atoms with Crippen molar-refractivity contribution in [2.75, 3.05) is 42.7 Å². The zero-order chi connectivity index (χ0) is 81.4. The molecule has 0 amide bonds. The summed E-state index contributed by atoms with van der Waals surface area (Å²) >= 11 is 28.8. The van der Waals surface area contributed by atoms with Crippen molar-refractivity contribution in [1.82, 2.24) is 69.0 Å². The van der Waals surface area contributed by atoms with Crippen LogP contribution in [-0.2, 0) is 30.1 Å². The smallest absolute Gasteiger partial charge is 0.481 e. The third-order valence-corrected chi connectivity index (χ3v) is 17.5. The molecule has 0 bridgehead atoms. The first kappa shape index (κ1) is 90.2. The van der Waals surface area contributed by atoms with Gasteiger partial charge in [0.15, 0.2) is 0 Å². The van der Waals surface area contributed by atoms with Gasteiger partial charge < -0.3 is 53.0 Å². The zero-order valence-corrected chi connectivity index (χ0v) is 69.0. The Morgan fingerprint density at radius 3 is 1.15 bits per heavy atom. The van der Waals surface area contributed by atoms with Gasteiger partial charge in [0.05, 0.1) is 117 Å². The fourth-order valence-corrected chi connectivity index (χ4v) is 10.9. The van der Waals surface area contributed by atoms with Crippen LogP contribution in [0.2, 0.25) is 20.6 Å². The molecule has 1 aliphatic rings. The van der Waals surface area contributed by atoms with Crippen molar-refractivity contribution >= 4 is 121 Å². The summed E-state index contributed by atoms with van der Waals surface area (Å²) in [5.41, 5.74) is 6.44. The third kappa shape index (κ3) is 24.5. The van der Waals surface area contributed by atoms with Crippen LogP contribution in [0.25, 0.3) is 34.2 Å². The fourth-order valence-electron chi connectivity index (χ4n) is 9.45. The van der Waals surface area contributed by atoms with Crippen molar-refractivity contribution in [2.45, 2.75) is 125 Å². The van der Waals surface area contributed by atoms with Crippen molar-refractivity contribution in [3.05, 3.63) is 185 Å². The number of pyridine rings is 6. The van der Waals surface area contributed by atoms with E-state index in [1.54, 1.807) is 53.7 Å². The summed E-state index contributed by atoms with van der Waals surface area (Å²) < 4.78 is 49.7. The van der Waals surface area contributed by atoms with Crippen LogP contribution in [0.1, 0.15) is 165 Å². The first-order valence-electron chi connectivity index (χ1n) is 32.9. The summed E-state index contributed by atoms with van der Waals surface area (Å²) in [6.45, 7) is 24.6. The van der Waals surface area contributed by atoms with E-state index in [1.165, 1.54) is 79.1 Å². The van der Waals surface area contributed by atoms with Crippen molar-refractivity contribution in [3.8, 4) is 51.8 Å². The van der Waals surface area contributed by atoms with E-state index in [4.69, 9.17) is 89.6 Å². The first-order chi connectivity index (χ1) is 51.4. The normalized spacial score (nSPS) is 12.2. The van der Waals surface area contributed by atoms with Gasteiger partial charge in [0.25, 0.3) is 0 Å². The molecule has 0 saturated carbocycles. The van der Waals surface area contributed by atoms with Gasteiger partial charge in [-0.15, -0.1) is 0 Å². The molecule has 1 fully saturated rings. The monoisotopic (exact) mass is 1710 g/mol. The molecule has 11 rings (SSSR count). The average molecular weight is 1710 g/mol. The topological polar surface area (TPSA) is 368 Å². The van der Waals surface area contributed by atoms with Gasteiger partial charge in [-0.1, -0.05) is 52.5 Å². The molecule has 0 atom stereocenters. The fraction of sp³-hybridized carbons (Fsp3) is 0.347. The minimum atomic E-state index is -1.11. The molecule has 0 aromatic carbocycles. The number of rotatable bonds is 17. The standard InChI is InChI=1S/C14H17N3O3.C13H14BrN3O2.C12H21BN2O2.C12H14BrN3O.C8H8ClNO3.C7H6ClNO3.C6H3Cl2NO2/c1-9(2)17-11(7-8-15-17)13-10(14(18)20-4)5-6-12(16-13)19-3;1-8(2)17-10(6-7-15-17)12-9(13(18)19-3)4-5-11(14)16-12;1-9(2)15-10(7-8-14-15)13-16-11(3,4)12(5,6)17-13;1-8(2)16-10(5-6-14-16)12-9(7-17)3-4-11(13)15-12;1-12-6-4-3-5(7(9)10-6)8(11)13-2;1-12-5-3-2-4(7(10)11)6(8)9-5;7-4-2-1-3(6(10)11)5(8)9-4/h5-9H,1-4H3;4-8H,1-3H3;7-9H,1-6H3;3-6,8,17H,7H2,1-2H3;3-4H,1-2H3;2-3H,1H3,(H,10,11);1-2H,(H,10,11). The largest absolute Gasteiger partial charge is 0.514 e.